The molecule has 2 rings (SSSR count). The Bertz CT molecular complexity index is 672. The number of hydrogen-bond acceptors (Lipinski definition) is 7. The Kier molecular flexibility index (Phi) is 4.75. The third-order valence-corrected chi connectivity index (χ3v) is 3.56. The van der Waals surface area contributed by atoms with Gasteiger partial charge in [0.15, 0.2) is 11.5 Å². The van der Waals surface area contributed by atoms with Gasteiger partial charge in [0.25, 0.3) is 0 Å². The van der Waals surface area contributed by atoms with Crippen molar-refractivity contribution in [2.75, 3.05) is 45.1 Å². The van der Waals surface area contributed by atoms with E-state index in [1.165, 1.54) is 0 Å². The molecule has 0 aliphatic rings. The Hall–Kier alpha value is -2.44. The number of hydrogen-bond donors (Lipinski definition) is 1. The fourth-order valence-corrected chi connectivity index (χ4v) is 2.39. The highest BCUT2D eigenvalue weighted by Crippen LogP contribution is 2.44. The molecule has 2 aromatic rings. The molecule has 1 aromatic carbocycles. The maximum atomic E-state index is 6.11. The minimum atomic E-state index is 0.381. The molecule has 0 spiro atoms. The maximum absolute atomic E-state index is 6.11. The van der Waals surface area contributed by atoms with Gasteiger partial charge in [0, 0.05) is 13.1 Å². The molecule has 2 N–H and O–H groups in total. The van der Waals surface area contributed by atoms with Crippen molar-refractivity contribution in [3.63, 3.8) is 0 Å². The van der Waals surface area contributed by atoms with Crippen LogP contribution in [0.25, 0.3) is 10.9 Å². The highest BCUT2D eigenvalue weighted by molar-refractivity contribution is 5.96. The number of nitrogens with zero attached hydrogens (tertiary/aromatic N) is 3. The number of ether oxygens (including phenoxy) is 3. The Morgan fingerprint density at radius 3 is 2.14 bits per heavy atom. The van der Waals surface area contributed by atoms with E-state index in [1.54, 1.807) is 27.4 Å². The van der Waals surface area contributed by atoms with E-state index in [0.29, 0.717) is 39.9 Å². The van der Waals surface area contributed by atoms with Gasteiger partial charge >= 0.3 is 0 Å². The number of aromatic nitrogens is 2. The summed E-state index contributed by atoms with van der Waals surface area (Å²) < 4.78 is 16.2. The quantitative estimate of drug-likeness (QED) is 0.874. The number of fused-ring (bicyclic) bond motifs is 1. The van der Waals surface area contributed by atoms with Gasteiger partial charge in [-0.3, -0.25) is 0 Å². The number of rotatable bonds is 6. The molecule has 0 fully saturated rings. The van der Waals surface area contributed by atoms with E-state index in [9.17, 15) is 0 Å². The highest BCUT2D eigenvalue weighted by atomic mass is 16.5. The molecule has 1 aromatic heterocycles. The molecule has 0 saturated heterocycles. The van der Waals surface area contributed by atoms with Gasteiger partial charge in [-0.25, -0.2) is 4.98 Å². The normalized spacial score (nSPS) is 10.6. The zero-order chi connectivity index (χ0) is 16.3. The Labute approximate surface area is 130 Å². The summed E-state index contributed by atoms with van der Waals surface area (Å²) in [7, 11) is 4.68. The SMILES string of the molecule is CCN(CC)c1nc(N)c2cc(OC)c(OC)c(OC)c2n1. The number of benzene rings is 1. The van der Waals surface area contributed by atoms with E-state index in [2.05, 4.69) is 9.97 Å². The first kappa shape index (κ1) is 15.9. The number of nitrogens with two attached hydrogens (primary N) is 1. The van der Waals surface area contributed by atoms with Crippen LogP contribution in [0, 0.1) is 0 Å². The lowest BCUT2D eigenvalue weighted by Crippen LogP contribution is -2.24. The molecule has 0 aliphatic heterocycles. The van der Waals surface area contributed by atoms with Crippen molar-refractivity contribution in [3.8, 4) is 17.2 Å². The molecule has 0 saturated carbocycles. The smallest absolute Gasteiger partial charge is 0.227 e. The fraction of sp³-hybridized carbons (Fsp3) is 0.467. The molecule has 0 radical (unpaired) electrons. The average Bonchev–Trinajstić information content (AvgIpc) is 2.54. The number of anilines is 2. The number of nitrogen functional groups attached to an aromatic ring is 1. The number of methoxy groups -OCH3 is 3. The molecular formula is C15H22N4O3. The van der Waals surface area contributed by atoms with Gasteiger partial charge in [-0.15, -0.1) is 0 Å². The summed E-state index contributed by atoms with van der Waals surface area (Å²) >= 11 is 0. The minimum absolute atomic E-state index is 0.381. The molecule has 0 unspecified atom stereocenters. The van der Waals surface area contributed by atoms with Gasteiger partial charge in [-0.1, -0.05) is 0 Å². The first-order valence-corrected chi connectivity index (χ1v) is 7.12. The van der Waals surface area contributed by atoms with Crippen LogP contribution in [0.4, 0.5) is 11.8 Å². The van der Waals surface area contributed by atoms with Gasteiger partial charge in [-0.2, -0.15) is 4.98 Å². The van der Waals surface area contributed by atoms with Crippen molar-refractivity contribution in [2.45, 2.75) is 13.8 Å². The zero-order valence-electron chi connectivity index (χ0n) is 13.6. The lowest BCUT2D eigenvalue weighted by atomic mass is 10.2. The van der Waals surface area contributed by atoms with Crippen molar-refractivity contribution in [1.29, 1.82) is 0 Å². The maximum Gasteiger partial charge on any atom is 0.227 e. The summed E-state index contributed by atoms with van der Waals surface area (Å²) in [5.74, 6) is 2.45. The van der Waals surface area contributed by atoms with Crippen LogP contribution in [0.3, 0.4) is 0 Å². The van der Waals surface area contributed by atoms with Crippen LogP contribution in [0.5, 0.6) is 17.2 Å². The predicted octanol–water partition coefficient (Wildman–Crippen LogP) is 2.08. The van der Waals surface area contributed by atoms with Gasteiger partial charge < -0.3 is 24.8 Å². The molecule has 7 heteroatoms. The molecule has 120 valence electrons. The van der Waals surface area contributed by atoms with Gasteiger partial charge in [-0.05, 0) is 19.9 Å². The topological polar surface area (TPSA) is 82.7 Å². The molecule has 22 heavy (non-hydrogen) atoms. The Morgan fingerprint density at radius 2 is 1.64 bits per heavy atom. The standard InChI is InChI=1S/C15H22N4O3/c1-6-19(7-2)15-17-11-9(14(16)18-15)8-10(20-3)12(21-4)13(11)22-5/h8H,6-7H2,1-5H3,(H2,16,17,18). The van der Waals surface area contributed by atoms with E-state index < -0.39 is 0 Å². The zero-order valence-corrected chi connectivity index (χ0v) is 13.6. The molecule has 0 atom stereocenters. The second-order valence-electron chi connectivity index (χ2n) is 4.62. The lowest BCUT2D eigenvalue weighted by molar-refractivity contribution is 0.327. The van der Waals surface area contributed by atoms with Crippen LogP contribution in [-0.4, -0.2) is 44.4 Å². The summed E-state index contributed by atoms with van der Waals surface area (Å²) in [5, 5.41) is 0.672. The Morgan fingerprint density at radius 1 is 1.00 bits per heavy atom. The van der Waals surface area contributed by atoms with Crippen LogP contribution in [0.1, 0.15) is 13.8 Å². The summed E-state index contributed by atoms with van der Waals surface area (Å²) in [6, 6.07) is 1.76. The third-order valence-electron chi connectivity index (χ3n) is 3.56. The van der Waals surface area contributed by atoms with Crippen LogP contribution in [0.2, 0.25) is 0 Å². The molecule has 0 bridgehead atoms. The van der Waals surface area contributed by atoms with E-state index in [-0.39, 0.29) is 0 Å². The summed E-state index contributed by atoms with van der Waals surface area (Å²) in [6.07, 6.45) is 0. The van der Waals surface area contributed by atoms with Crippen molar-refractivity contribution in [3.05, 3.63) is 6.07 Å². The summed E-state index contributed by atoms with van der Waals surface area (Å²) in [6.45, 7) is 5.66. The first-order chi connectivity index (χ1) is 10.6. The third kappa shape index (κ3) is 2.54. The monoisotopic (exact) mass is 306 g/mol. The van der Waals surface area contributed by atoms with Crippen LogP contribution >= 0.6 is 0 Å². The van der Waals surface area contributed by atoms with Crippen LogP contribution in [-0.2, 0) is 0 Å². The summed E-state index contributed by atoms with van der Waals surface area (Å²) in [4.78, 5) is 11.0. The summed E-state index contributed by atoms with van der Waals surface area (Å²) in [5.41, 5.74) is 6.72. The van der Waals surface area contributed by atoms with E-state index >= 15 is 0 Å². The van der Waals surface area contributed by atoms with Crippen molar-refractivity contribution < 1.29 is 14.2 Å². The van der Waals surface area contributed by atoms with Gasteiger partial charge in [0.1, 0.15) is 11.3 Å². The molecule has 1 heterocycles. The van der Waals surface area contributed by atoms with Crippen LogP contribution in [0.15, 0.2) is 6.07 Å². The first-order valence-electron chi connectivity index (χ1n) is 7.12. The minimum Gasteiger partial charge on any atom is -0.493 e. The second-order valence-corrected chi connectivity index (χ2v) is 4.62. The highest BCUT2D eigenvalue weighted by Gasteiger charge is 2.20. The molecule has 7 nitrogen and oxygen atoms in total. The van der Waals surface area contributed by atoms with Crippen molar-refractivity contribution in [2.24, 2.45) is 0 Å². The molecular weight excluding hydrogens is 284 g/mol. The van der Waals surface area contributed by atoms with Gasteiger partial charge in [0.05, 0.1) is 26.7 Å². The lowest BCUT2D eigenvalue weighted by Gasteiger charge is -2.20. The van der Waals surface area contributed by atoms with Crippen molar-refractivity contribution >= 4 is 22.7 Å². The average molecular weight is 306 g/mol. The van der Waals surface area contributed by atoms with Crippen molar-refractivity contribution in [1.82, 2.24) is 9.97 Å². The van der Waals surface area contributed by atoms with E-state index in [1.807, 2.05) is 18.7 Å². The largest absolute Gasteiger partial charge is 0.493 e. The predicted molar refractivity (Wildman–Crippen MR) is 87.2 cm³/mol. The molecule has 0 aliphatic carbocycles. The van der Waals surface area contributed by atoms with Crippen LogP contribution < -0.4 is 24.8 Å². The fourth-order valence-electron chi connectivity index (χ4n) is 2.39. The van der Waals surface area contributed by atoms with E-state index in [4.69, 9.17) is 19.9 Å². The second kappa shape index (κ2) is 6.55. The van der Waals surface area contributed by atoms with Gasteiger partial charge in [0.2, 0.25) is 11.7 Å². The Balaban J connectivity index is 2.81. The molecule has 0 amide bonds. The van der Waals surface area contributed by atoms with E-state index in [0.717, 1.165) is 13.1 Å².